The number of aromatic nitrogens is 2. The number of ether oxygens (including phenoxy) is 4. The number of hydrogen-bond acceptors (Lipinski definition) is 7. The van der Waals surface area contributed by atoms with E-state index >= 15 is 0 Å². The fourth-order valence-corrected chi connectivity index (χ4v) is 2.55. The summed E-state index contributed by atoms with van der Waals surface area (Å²) < 4.78 is 21.6. The van der Waals surface area contributed by atoms with Crippen molar-refractivity contribution in [3.05, 3.63) is 77.0 Å². The van der Waals surface area contributed by atoms with E-state index in [2.05, 4.69) is 10.5 Å². The van der Waals surface area contributed by atoms with Crippen LogP contribution in [0.3, 0.4) is 0 Å². The molecule has 11 heteroatoms. The maximum atomic E-state index is 5.74. The molecule has 0 saturated carbocycles. The van der Waals surface area contributed by atoms with Gasteiger partial charge < -0.3 is 24.4 Å². The van der Waals surface area contributed by atoms with E-state index in [1.54, 1.807) is 51.5 Å². The summed E-state index contributed by atoms with van der Waals surface area (Å²) in [6.45, 7) is 0. The van der Waals surface area contributed by atoms with E-state index in [4.69, 9.17) is 48.0 Å². The summed E-state index contributed by atoms with van der Waals surface area (Å²) >= 11 is 11.3. The molecule has 0 saturated heterocycles. The lowest BCUT2D eigenvalue weighted by molar-refractivity contribution is -0.178. The molecule has 0 atom stereocenters. The molecule has 0 spiro atoms. The molecule has 3 N–H and O–H groups in total. The van der Waals surface area contributed by atoms with Gasteiger partial charge in [-0.2, -0.15) is 5.10 Å². The number of hydrogen-bond donors (Lipinski definition) is 2. The number of hydrazine groups is 1. The predicted molar refractivity (Wildman–Crippen MR) is 135 cm³/mol. The zero-order valence-corrected chi connectivity index (χ0v) is 21.3. The lowest BCUT2D eigenvalue weighted by Crippen LogP contribution is -2.24. The Morgan fingerprint density at radius 1 is 0.848 bits per heavy atom. The molecule has 33 heavy (non-hydrogen) atoms. The Kier molecular flexibility index (Phi) is 17.5. The molecule has 0 aliphatic rings. The molecule has 0 amide bonds. The molecule has 184 valence electrons. The van der Waals surface area contributed by atoms with Crippen LogP contribution in [0.1, 0.15) is 6.42 Å². The van der Waals surface area contributed by atoms with Crippen LogP contribution in [-0.4, -0.2) is 50.8 Å². The van der Waals surface area contributed by atoms with Crippen molar-refractivity contribution in [2.45, 2.75) is 19.0 Å². The van der Waals surface area contributed by atoms with Crippen LogP contribution in [0, 0.1) is 0 Å². The molecule has 0 unspecified atom stereocenters. The van der Waals surface area contributed by atoms with E-state index in [1.807, 2.05) is 48.7 Å². The van der Waals surface area contributed by atoms with Gasteiger partial charge in [-0.15, -0.1) is 12.4 Å². The second kappa shape index (κ2) is 18.5. The molecule has 0 fully saturated rings. The van der Waals surface area contributed by atoms with Crippen LogP contribution in [0.2, 0.25) is 10.0 Å². The number of benzene rings is 2. The third kappa shape index (κ3) is 12.8. The Hall–Kier alpha value is -1.88. The average molecular weight is 522 g/mol. The SMILES string of the molecule is COC(CC(OC)OC)OC.Cl.Clc1ccc(-n2cccn2)cc1.NNc1ccc(Cl)cc1. The summed E-state index contributed by atoms with van der Waals surface area (Å²) in [5, 5.41) is 5.55. The first-order valence-corrected chi connectivity index (χ1v) is 10.3. The van der Waals surface area contributed by atoms with Gasteiger partial charge in [0.05, 0.1) is 5.69 Å². The minimum absolute atomic E-state index is 0. The average Bonchev–Trinajstić information content (AvgIpc) is 3.37. The lowest BCUT2D eigenvalue weighted by Gasteiger charge is -2.18. The van der Waals surface area contributed by atoms with E-state index < -0.39 is 0 Å². The minimum atomic E-state index is -0.264. The van der Waals surface area contributed by atoms with Crippen molar-refractivity contribution in [2.75, 3.05) is 33.9 Å². The van der Waals surface area contributed by atoms with E-state index in [0.29, 0.717) is 11.4 Å². The van der Waals surface area contributed by atoms with E-state index in [0.717, 1.165) is 16.4 Å². The molecule has 0 bridgehead atoms. The van der Waals surface area contributed by atoms with Crippen LogP contribution >= 0.6 is 35.6 Å². The molecule has 0 radical (unpaired) electrons. The van der Waals surface area contributed by atoms with Gasteiger partial charge in [-0.25, -0.2) is 4.68 Å². The third-order valence-corrected chi connectivity index (χ3v) is 4.55. The molecule has 3 rings (SSSR count). The van der Waals surface area contributed by atoms with Crippen molar-refractivity contribution in [3.8, 4) is 5.69 Å². The maximum absolute atomic E-state index is 5.74. The van der Waals surface area contributed by atoms with Gasteiger partial charge in [-0.1, -0.05) is 23.2 Å². The van der Waals surface area contributed by atoms with E-state index in [1.165, 1.54) is 0 Å². The first-order chi connectivity index (χ1) is 15.5. The lowest BCUT2D eigenvalue weighted by atomic mass is 10.3. The highest BCUT2D eigenvalue weighted by molar-refractivity contribution is 6.30. The molecule has 2 aromatic carbocycles. The first-order valence-electron chi connectivity index (χ1n) is 9.56. The number of nitrogen functional groups attached to an aromatic ring is 1. The zero-order valence-electron chi connectivity index (χ0n) is 19.0. The summed E-state index contributed by atoms with van der Waals surface area (Å²) in [6.07, 6.45) is 3.68. The predicted octanol–water partition coefficient (Wildman–Crippen LogP) is 5.19. The normalized spacial score (nSPS) is 9.97. The minimum Gasteiger partial charge on any atom is -0.356 e. The summed E-state index contributed by atoms with van der Waals surface area (Å²) in [6, 6.07) is 16.6. The van der Waals surface area contributed by atoms with Gasteiger partial charge >= 0.3 is 0 Å². The highest BCUT2D eigenvalue weighted by atomic mass is 35.5. The van der Waals surface area contributed by atoms with Gasteiger partial charge in [0, 0.05) is 63.0 Å². The van der Waals surface area contributed by atoms with Crippen molar-refractivity contribution in [3.63, 3.8) is 0 Å². The van der Waals surface area contributed by atoms with Gasteiger partial charge in [-0.05, 0) is 54.6 Å². The molecule has 1 heterocycles. The second-order valence-electron chi connectivity index (χ2n) is 6.12. The summed E-state index contributed by atoms with van der Waals surface area (Å²) in [7, 11) is 6.32. The number of nitrogens with two attached hydrogens (primary N) is 1. The molecule has 3 aromatic rings. The molecule has 1 aromatic heterocycles. The summed E-state index contributed by atoms with van der Waals surface area (Å²) in [5.74, 6) is 5.11. The number of rotatable bonds is 8. The smallest absolute Gasteiger partial charge is 0.161 e. The van der Waals surface area contributed by atoms with Crippen molar-refractivity contribution in [1.29, 1.82) is 0 Å². The largest absolute Gasteiger partial charge is 0.356 e. The van der Waals surface area contributed by atoms with Crippen LogP contribution < -0.4 is 11.3 Å². The highest BCUT2D eigenvalue weighted by Gasteiger charge is 2.13. The Bertz CT molecular complexity index is 820. The van der Waals surface area contributed by atoms with Crippen LogP contribution in [0.4, 0.5) is 5.69 Å². The zero-order chi connectivity index (χ0) is 23.8. The number of anilines is 1. The molecule has 0 aliphatic heterocycles. The highest BCUT2D eigenvalue weighted by Crippen LogP contribution is 2.12. The van der Waals surface area contributed by atoms with E-state index in [-0.39, 0.29) is 25.0 Å². The molecule has 0 aliphatic carbocycles. The number of nitrogens with one attached hydrogen (secondary N) is 1. The van der Waals surface area contributed by atoms with Crippen molar-refractivity contribution >= 4 is 41.3 Å². The third-order valence-electron chi connectivity index (χ3n) is 4.04. The summed E-state index contributed by atoms with van der Waals surface area (Å²) in [5.41, 5.74) is 4.37. The quantitative estimate of drug-likeness (QED) is 0.239. The maximum Gasteiger partial charge on any atom is 0.161 e. The van der Waals surface area contributed by atoms with Crippen LogP contribution in [0.15, 0.2) is 67.0 Å². The Labute approximate surface area is 211 Å². The topological polar surface area (TPSA) is 92.8 Å². The molecule has 8 nitrogen and oxygen atoms in total. The monoisotopic (exact) mass is 520 g/mol. The number of methoxy groups -OCH3 is 4. The van der Waals surface area contributed by atoms with Gasteiger partial charge in [0.2, 0.25) is 0 Å². The Balaban J connectivity index is 0.000000464. The van der Waals surface area contributed by atoms with Crippen LogP contribution in [-0.2, 0) is 18.9 Å². The van der Waals surface area contributed by atoms with Gasteiger partial charge in [0.15, 0.2) is 12.6 Å². The van der Waals surface area contributed by atoms with Gasteiger partial charge in [-0.3, -0.25) is 5.84 Å². The van der Waals surface area contributed by atoms with Crippen molar-refractivity contribution < 1.29 is 18.9 Å². The van der Waals surface area contributed by atoms with Crippen molar-refractivity contribution in [2.24, 2.45) is 5.84 Å². The van der Waals surface area contributed by atoms with Gasteiger partial charge in [0.1, 0.15) is 0 Å². The first kappa shape index (κ1) is 31.1. The fourth-order valence-electron chi connectivity index (χ4n) is 2.30. The molecular weight excluding hydrogens is 491 g/mol. The van der Waals surface area contributed by atoms with Crippen LogP contribution in [0.5, 0.6) is 0 Å². The van der Waals surface area contributed by atoms with Crippen LogP contribution in [0.25, 0.3) is 5.69 Å². The summed E-state index contributed by atoms with van der Waals surface area (Å²) in [4.78, 5) is 0. The second-order valence-corrected chi connectivity index (χ2v) is 6.99. The molecular formula is C22H31Cl3N4O4. The number of nitrogens with zero attached hydrogens (tertiary/aromatic N) is 2. The fraction of sp³-hybridized carbons (Fsp3) is 0.318. The Morgan fingerprint density at radius 2 is 1.30 bits per heavy atom. The Morgan fingerprint density at radius 3 is 1.67 bits per heavy atom. The van der Waals surface area contributed by atoms with E-state index in [9.17, 15) is 0 Å². The number of halogens is 3. The standard InChI is InChI=1S/C9H7ClN2.C7H16O4.C6H7ClN2.ClH/c10-8-2-4-9(5-3-8)12-7-1-6-11-12;1-8-6(9-2)5-7(10-3)11-4;7-5-1-3-6(9-8)4-2-5;/h1-7H;6-7H,5H2,1-4H3;1-4,9H,8H2;1H. The van der Waals surface area contributed by atoms with Gasteiger partial charge in [0.25, 0.3) is 0 Å². The van der Waals surface area contributed by atoms with Crippen molar-refractivity contribution in [1.82, 2.24) is 9.78 Å².